The van der Waals surface area contributed by atoms with Crippen molar-refractivity contribution >= 4 is 5.65 Å². The van der Waals surface area contributed by atoms with E-state index < -0.39 is 0 Å². The summed E-state index contributed by atoms with van der Waals surface area (Å²) in [6.07, 6.45) is 0.632. The largest absolute Gasteiger partial charge is 0.396 e. The standard InChI is InChI=1S/C11H14N2O/c1-8-4-3-5-11-12-10(6-7-14)9(2)13(8)11/h3-5,14H,6-7H2,1-2H3. The SMILES string of the molecule is Cc1cccc2nc(CCO)c(C)n12. The lowest BCUT2D eigenvalue weighted by Crippen LogP contribution is -1.96. The first-order valence-electron chi connectivity index (χ1n) is 4.78. The van der Waals surface area contributed by atoms with Crippen molar-refractivity contribution in [3.05, 3.63) is 35.3 Å². The minimum atomic E-state index is 0.157. The lowest BCUT2D eigenvalue weighted by Gasteiger charge is -2.01. The van der Waals surface area contributed by atoms with Crippen molar-refractivity contribution < 1.29 is 5.11 Å². The lowest BCUT2D eigenvalue weighted by atomic mass is 10.2. The first-order valence-corrected chi connectivity index (χ1v) is 4.78. The zero-order valence-electron chi connectivity index (χ0n) is 8.49. The van der Waals surface area contributed by atoms with Crippen LogP contribution in [0.1, 0.15) is 17.1 Å². The molecular formula is C11H14N2O. The van der Waals surface area contributed by atoms with E-state index in [1.165, 1.54) is 5.69 Å². The summed E-state index contributed by atoms with van der Waals surface area (Å²) in [7, 11) is 0. The van der Waals surface area contributed by atoms with Crippen LogP contribution in [0.3, 0.4) is 0 Å². The lowest BCUT2D eigenvalue weighted by molar-refractivity contribution is 0.298. The van der Waals surface area contributed by atoms with Crippen molar-refractivity contribution in [2.45, 2.75) is 20.3 Å². The summed E-state index contributed by atoms with van der Waals surface area (Å²) in [4.78, 5) is 4.47. The molecule has 3 heteroatoms. The third-order valence-electron chi connectivity index (χ3n) is 2.52. The molecule has 1 N–H and O–H groups in total. The molecule has 2 heterocycles. The Morgan fingerprint density at radius 2 is 2.14 bits per heavy atom. The number of aryl methyl sites for hydroxylation is 2. The van der Waals surface area contributed by atoms with E-state index in [9.17, 15) is 0 Å². The molecule has 3 nitrogen and oxygen atoms in total. The number of pyridine rings is 1. The van der Waals surface area contributed by atoms with E-state index in [0.717, 1.165) is 17.0 Å². The molecule has 2 aromatic rings. The molecule has 0 aliphatic heterocycles. The maximum atomic E-state index is 8.89. The highest BCUT2D eigenvalue weighted by atomic mass is 16.3. The van der Waals surface area contributed by atoms with Gasteiger partial charge in [0.2, 0.25) is 0 Å². The summed E-state index contributed by atoms with van der Waals surface area (Å²) in [5.74, 6) is 0. The second-order valence-corrected chi connectivity index (χ2v) is 3.48. The summed E-state index contributed by atoms with van der Waals surface area (Å²) in [5.41, 5.74) is 4.26. The fourth-order valence-electron chi connectivity index (χ4n) is 1.82. The van der Waals surface area contributed by atoms with Crippen molar-refractivity contribution in [3.63, 3.8) is 0 Å². The van der Waals surface area contributed by atoms with Gasteiger partial charge in [0, 0.05) is 24.4 Å². The Bertz CT molecular complexity index is 460. The van der Waals surface area contributed by atoms with Crippen LogP contribution in [0.15, 0.2) is 18.2 Å². The molecule has 0 aliphatic rings. The van der Waals surface area contributed by atoms with Crippen LogP contribution in [-0.4, -0.2) is 21.1 Å². The Labute approximate surface area is 83.0 Å². The van der Waals surface area contributed by atoms with Crippen molar-refractivity contribution in [1.82, 2.24) is 9.38 Å². The molecule has 0 spiro atoms. The second-order valence-electron chi connectivity index (χ2n) is 3.48. The van der Waals surface area contributed by atoms with Gasteiger partial charge in [-0.15, -0.1) is 0 Å². The van der Waals surface area contributed by atoms with Crippen molar-refractivity contribution in [2.24, 2.45) is 0 Å². The van der Waals surface area contributed by atoms with Gasteiger partial charge in [-0.25, -0.2) is 4.98 Å². The Kier molecular flexibility index (Phi) is 2.25. The van der Waals surface area contributed by atoms with Gasteiger partial charge in [-0.2, -0.15) is 0 Å². The van der Waals surface area contributed by atoms with Gasteiger partial charge in [0.15, 0.2) is 0 Å². The van der Waals surface area contributed by atoms with Gasteiger partial charge in [-0.3, -0.25) is 0 Å². The number of fused-ring (bicyclic) bond motifs is 1. The average Bonchev–Trinajstić information content (AvgIpc) is 2.46. The van der Waals surface area contributed by atoms with Crippen LogP contribution in [0, 0.1) is 13.8 Å². The third kappa shape index (κ3) is 1.30. The number of nitrogens with zero attached hydrogens (tertiary/aromatic N) is 2. The van der Waals surface area contributed by atoms with Gasteiger partial charge >= 0.3 is 0 Å². The monoisotopic (exact) mass is 190 g/mol. The van der Waals surface area contributed by atoms with Crippen LogP contribution in [0.25, 0.3) is 5.65 Å². The molecular weight excluding hydrogens is 176 g/mol. The van der Waals surface area contributed by atoms with Crippen molar-refractivity contribution in [3.8, 4) is 0 Å². The van der Waals surface area contributed by atoms with Crippen LogP contribution in [0.2, 0.25) is 0 Å². The molecule has 0 saturated carbocycles. The first-order chi connectivity index (χ1) is 6.74. The van der Waals surface area contributed by atoms with Crippen molar-refractivity contribution in [1.29, 1.82) is 0 Å². The number of aromatic nitrogens is 2. The predicted molar refractivity (Wildman–Crippen MR) is 55.5 cm³/mol. The Morgan fingerprint density at radius 3 is 2.79 bits per heavy atom. The Hall–Kier alpha value is -1.35. The van der Waals surface area contributed by atoms with E-state index >= 15 is 0 Å². The molecule has 0 aliphatic carbocycles. The highest BCUT2D eigenvalue weighted by molar-refractivity contribution is 5.44. The molecule has 0 saturated heterocycles. The summed E-state index contributed by atoms with van der Waals surface area (Å²) < 4.78 is 2.12. The van der Waals surface area contributed by atoms with Crippen LogP contribution in [0.4, 0.5) is 0 Å². The minimum Gasteiger partial charge on any atom is -0.396 e. The molecule has 74 valence electrons. The molecule has 0 atom stereocenters. The molecule has 14 heavy (non-hydrogen) atoms. The zero-order valence-corrected chi connectivity index (χ0v) is 8.49. The van der Waals surface area contributed by atoms with Crippen LogP contribution in [-0.2, 0) is 6.42 Å². The first kappa shape index (κ1) is 9.21. The normalized spacial score (nSPS) is 11.1. The quantitative estimate of drug-likeness (QED) is 0.779. The third-order valence-corrected chi connectivity index (χ3v) is 2.52. The van der Waals surface area contributed by atoms with Gasteiger partial charge in [-0.1, -0.05) is 6.07 Å². The van der Waals surface area contributed by atoms with Crippen LogP contribution < -0.4 is 0 Å². The smallest absolute Gasteiger partial charge is 0.137 e. The molecule has 2 aromatic heterocycles. The fraction of sp³-hybridized carbons (Fsp3) is 0.364. The topological polar surface area (TPSA) is 37.5 Å². The highest BCUT2D eigenvalue weighted by Gasteiger charge is 2.08. The van der Waals surface area contributed by atoms with Crippen molar-refractivity contribution in [2.75, 3.05) is 6.61 Å². The number of aliphatic hydroxyl groups is 1. The van der Waals surface area contributed by atoms with Gasteiger partial charge in [-0.05, 0) is 26.0 Å². The highest BCUT2D eigenvalue weighted by Crippen LogP contribution is 2.14. The Balaban J connectivity index is 2.68. The number of rotatable bonds is 2. The van der Waals surface area contributed by atoms with E-state index in [-0.39, 0.29) is 6.61 Å². The molecule has 0 bridgehead atoms. The summed E-state index contributed by atoms with van der Waals surface area (Å²) in [6, 6.07) is 6.05. The molecule has 0 radical (unpaired) electrons. The second kappa shape index (κ2) is 3.42. The average molecular weight is 190 g/mol. The fourth-order valence-corrected chi connectivity index (χ4v) is 1.82. The maximum absolute atomic E-state index is 8.89. The minimum absolute atomic E-state index is 0.157. The molecule has 0 unspecified atom stereocenters. The van der Waals surface area contributed by atoms with E-state index in [1.807, 2.05) is 19.1 Å². The van der Waals surface area contributed by atoms with Gasteiger partial charge < -0.3 is 9.51 Å². The molecule has 0 amide bonds. The van der Waals surface area contributed by atoms with E-state index in [0.29, 0.717) is 6.42 Å². The summed E-state index contributed by atoms with van der Waals surface area (Å²) >= 11 is 0. The predicted octanol–water partition coefficient (Wildman–Crippen LogP) is 1.49. The van der Waals surface area contributed by atoms with E-state index in [4.69, 9.17) is 5.11 Å². The molecule has 2 rings (SSSR count). The number of aliphatic hydroxyl groups excluding tert-OH is 1. The maximum Gasteiger partial charge on any atom is 0.137 e. The summed E-state index contributed by atoms with van der Waals surface area (Å²) in [6.45, 7) is 4.26. The number of imidazole rings is 1. The zero-order chi connectivity index (χ0) is 10.1. The molecule has 0 fully saturated rings. The Morgan fingerprint density at radius 1 is 1.36 bits per heavy atom. The molecule has 0 aromatic carbocycles. The van der Waals surface area contributed by atoms with E-state index in [2.05, 4.69) is 22.4 Å². The van der Waals surface area contributed by atoms with Gasteiger partial charge in [0.1, 0.15) is 5.65 Å². The van der Waals surface area contributed by atoms with Crippen LogP contribution in [0.5, 0.6) is 0 Å². The van der Waals surface area contributed by atoms with Crippen LogP contribution >= 0.6 is 0 Å². The van der Waals surface area contributed by atoms with Gasteiger partial charge in [0.25, 0.3) is 0 Å². The summed E-state index contributed by atoms with van der Waals surface area (Å²) in [5, 5.41) is 8.89. The number of hydrogen-bond donors (Lipinski definition) is 1. The van der Waals surface area contributed by atoms with E-state index in [1.54, 1.807) is 0 Å². The van der Waals surface area contributed by atoms with Gasteiger partial charge in [0.05, 0.1) is 5.69 Å². The number of hydrogen-bond acceptors (Lipinski definition) is 2.